The molecule has 0 radical (unpaired) electrons. The van der Waals surface area contributed by atoms with Crippen molar-refractivity contribution in [2.45, 2.75) is 39.8 Å². The number of benzene rings is 2. The maximum Gasteiger partial charge on any atom is 0.412 e. The van der Waals surface area contributed by atoms with E-state index < -0.39 is 11.7 Å². The van der Waals surface area contributed by atoms with Crippen LogP contribution in [0, 0.1) is 0 Å². The zero-order valence-corrected chi connectivity index (χ0v) is 16.5. The molecule has 0 atom stereocenters. The van der Waals surface area contributed by atoms with Gasteiger partial charge in [-0.1, -0.05) is 18.2 Å². The number of carbonyl (C=O) groups is 3. The van der Waals surface area contributed by atoms with Gasteiger partial charge in [-0.25, -0.2) is 4.79 Å². The first-order chi connectivity index (χ1) is 13.1. The minimum absolute atomic E-state index is 0.138. The molecule has 0 heterocycles. The number of rotatable bonds is 5. The normalized spacial score (nSPS) is 10.7. The molecule has 2 aromatic rings. The van der Waals surface area contributed by atoms with E-state index in [-0.39, 0.29) is 11.8 Å². The zero-order valence-electron chi connectivity index (χ0n) is 16.5. The van der Waals surface area contributed by atoms with E-state index in [2.05, 4.69) is 16.0 Å². The van der Waals surface area contributed by atoms with Crippen LogP contribution in [0.5, 0.6) is 0 Å². The van der Waals surface area contributed by atoms with Crippen LogP contribution in [0.4, 0.5) is 16.2 Å². The molecule has 0 aromatic heterocycles. The Morgan fingerprint density at radius 1 is 0.929 bits per heavy atom. The standard InChI is InChI=1S/C21H25N3O4/c1-14(25)23-17-10-8-15(9-11-17)13-22-19(26)16-6-5-7-18(12-16)24-20(27)28-21(2,3)4/h5-12H,13H2,1-4H3,(H,22,26)(H,23,25)(H,24,27). The van der Waals surface area contributed by atoms with E-state index in [1.165, 1.54) is 6.92 Å². The van der Waals surface area contributed by atoms with Crippen LogP contribution < -0.4 is 16.0 Å². The highest BCUT2D eigenvalue weighted by atomic mass is 16.6. The summed E-state index contributed by atoms with van der Waals surface area (Å²) in [5, 5.41) is 8.13. The Hall–Kier alpha value is -3.35. The van der Waals surface area contributed by atoms with Crippen molar-refractivity contribution in [1.29, 1.82) is 0 Å². The smallest absolute Gasteiger partial charge is 0.412 e. The van der Waals surface area contributed by atoms with Crippen molar-refractivity contribution in [3.63, 3.8) is 0 Å². The zero-order chi connectivity index (χ0) is 20.7. The van der Waals surface area contributed by atoms with Crippen LogP contribution in [-0.2, 0) is 16.1 Å². The molecule has 0 bridgehead atoms. The van der Waals surface area contributed by atoms with Crippen LogP contribution in [0.1, 0.15) is 43.6 Å². The van der Waals surface area contributed by atoms with E-state index in [0.717, 1.165) is 5.56 Å². The Bertz CT molecular complexity index is 855. The van der Waals surface area contributed by atoms with Crippen molar-refractivity contribution < 1.29 is 19.1 Å². The lowest BCUT2D eigenvalue weighted by Gasteiger charge is -2.19. The van der Waals surface area contributed by atoms with E-state index >= 15 is 0 Å². The molecule has 0 unspecified atom stereocenters. The average molecular weight is 383 g/mol. The molecule has 2 rings (SSSR count). The molecule has 0 aliphatic carbocycles. The molecule has 0 aliphatic heterocycles. The van der Waals surface area contributed by atoms with Crippen molar-refractivity contribution in [2.75, 3.05) is 10.6 Å². The third kappa shape index (κ3) is 7.11. The van der Waals surface area contributed by atoms with Crippen LogP contribution in [0.3, 0.4) is 0 Å². The van der Waals surface area contributed by atoms with Gasteiger partial charge in [-0.15, -0.1) is 0 Å². The third-order valence-electron chi connectivity index (χ3n) is 3.50. The Morgan fingerprint density at radius 3 is 2.21 bits per heavy atom. The van der Waals surface area contributed by atoms with Gasteiger partial charge in [0.1, 0.15) is 5.60 Å². The van der Waals surface area contributed by atoms with Gasteiger partial charge >= 0.3 is 6.09 Å². The topological polar surface area (TPSA) is 96.5 Å². The van der Waals surface area contributed by atoms with Crippen LogP contribution in [-0.4, -0.2) is 23.5 Å². The number of carbonyl (C=O) groups excluding carboxylic acids is 3. The number of hydrogen-bond donors (Lipinski definition) is 3. The molecular formula is C21H25N3O4. The summed E-state index contributed by atoms with van der Waals surface area (Å²) < 4.78 is 5.20. The van der Waals surface area contributed by atoms with Crippen molar-refractivity contribution in [3.8, 4) is 0 Å². The number of ether oxygens (including phenoxy) is 1. The number of anilines is 2. The van der Waals surface area contributed by atoms with Crippen LogP contribution in [0.25, 0.3) is 0 Å². The fraction of sp³-hybridized carbons (Fsp3) is 0.286. The molecule has 0 spiro atoms. The predicted molar refractivity (Wildman–Crippen MR) is 108 cm³/mol. The first kappa shape index (κ1) is 21.0. The summed E-state index contributed by atoms with van der Waals surface area (Å²) in [4.78, 5) is 35.3. The summed E-state index contributed by atoms with van der Waals surface area (Å²) in [5.41, 5.74) is 1.88. The molecule has 0 saturated heterocycles. The summed E-state index contributed by atoms with van der Waals surface area (Å²) in [6, 6.07) is 13.8. The van der Waals surface area contributed by atoms with E-state index in [0.29, 0.717) is 23.5 Å². The molecule has 28 heavy (non-hydrogen) atoms. The van der Waals surface area contributed by atoms with Crippen LogP contribution in [0.15, 0.2) is 48.5 Å². The summed E-state index contributed by atoms with van der Waals surface area (Å²) in [6.07, 6.45) is -0.579. The van der Waals surface area contributed by atoms with E-state index in [4.69, 9.17) is 4.74 Å². The van der Waals surface area contributed by atoms with Crippen molar-refractivity contribution in [1.82, 2.24) is 5.32 Å². The van der Waals surface area contributed by atoms with Gasteiger partial charge in [0, 0.05) is 30.4 Å². The second-order valence-electron chi connectivity index (χ2n) is 7.27. The van der Waals surface area contributed by atoms with E-state index in [9.17, 15) is 14.4 Å². The van der Waals surface area contributed by atoms with Crippen molar-refractivity contribution in [2.24, 2.45) is 0 Å². The molecule has 3 N–H and O–H groups in total. The quantitative estimate of drug-likeness (QED) is 0.729. The molecular weight excluding hydrogens is 358 g/mol. The minimum Gasteiger partial charge on any atom is -0.444 e. The van der Waals surface area contributed by atoms with Crippen LogP contribution in [0.2, 0.25) is 0 Å². The maximum atomic E-state index is 12.4. The van der Waals surface area contributed by atoms with Crippen molar-refractivity contribution in [3.05, 3.63) is 59.7 Å². The highest BCUT2D eigenvalue weighted by molar-refractivity contribution is 5.96. The molecule has 7 nitrogen and oxygen atoms in total. The van der Waals surface area contributed by atoms with Gasteiger partial charge < -0.3 is 15.4 Å². The Labute approximate surface area is 164 Å². The fourth-order valence-corrected chi connectivity index (χ4v) is 2.35. The van der Waals surface area contributed by atoms with Gasteiger partial charge in [-0.2, -0.15) is 0 Å². The van der Waals surface area contributed by atoms with Crippen LogP contribution >= 0.6 is 0 Å². The second-order valence-corrected chi connectivity index (χ2v) is 7.27. The second kappa shape index (κ2) is 9.03. The maximum absolute atomic E-state index is 12.4. The first-order valence-corrected chi connectivity index (χ1v) is 8.87. The highest BCUT2D eigenvalue weighted by Crippen LogP contribution is 2.14. The van der Waals surface area contributed by atoms with Gasteiger partial charge in [0.2, 0.25) is 5.91 Å². The average Bonchev–Trinajstić information content (AvgIpc) is 2.59. The summed E-state index contributed by atoms with van der Waals surface area (Å²) in [7, 11) is 0. The van der Waals surface area contributed by atoms with Gasteiger partial charge in [0.25, 0.3) is 5.91 Å². The van der Waals surface area contributed by atoms with E-state index in [1.54, 1.807) is 57.2 Å². The summed E-state index contributed by atoms with van der Waals surface area (Å²) in [6.45, 7) is 7.11. The first-order valence-electron chi connectivity index (χ1n) is 8.87. The number of hydrogen-bond acceptors (Lipinski definition) is 4. The fourth-order valence-electron chi connectivity index (χ4n) is 2.35. The van der Waals surface area contributed by atoms with Crippen molar-refractivity contribution >= 4 is 29.3 Å². The minimum atomic E-state index is -0.603. The molecule has 3 amide bonds. The Morgan fingerprint density at radius 2 is 1.61 bits per heavy atom. The molecule has 2 aromatic carbocycles. The Kier molecular flexibility index (Phi) is 6.76. The molecule has 148 valence electrons. The Balaban J connectivity index is 1.93. The highest BCUT2D eigenvalue weighted by Gasteiger charge is 2.16. The summed E-state index contributed by atoms with van der Waals surface area (Å²) >= 11 is 0. The molecule has 0 aliphatic rings. The SMILES string of the molecule is CC(=O)Nc1ccc(CNC(=O)c2cccc(NC(=O)OC(C)(C)C)c2)cc1. The third-order valence-corrected chi connectivity index (χ3v) is 3.50. The largest absolute Gasteiger partial charge is 0.444 e. The predicted octanol–water partition coefficient (Wildman–Crippen LogP) is 3.92. The summed E-state index contributed by atoms with van der Waals surface area (Å²) in [5.74, 6) is -0.403. The monoisotopic (exact) mass is 383 g/mol. The van der Waals surface area contributed by atoms with Gasteiger partial charge in [-0.05, 0) is 56.7 Å². The van der Waals surface area contributed by atoms with E-state index in [1.807, 2.05) is 12.1 Å². The number of amides is 3. The lowest BCUT2D eigenvalue weighted by molar-refractivity contribution is -0.114. The lowest BCUT2D eigenvalue weighted by Crippen LogP contribution is -2.27. The number of nitrogens with one attached hydrogen (secondary N) is 3. The van der Waals surface area contributed by atoms with Gasteiger partial charge in [0.05, 0.1) is 0 Å². The molecule has 0 saturated carbocycles. The lowest BCUT2D eigenvalue weighted by atomic mass is 10.1. The van der Waals surface area contributed by atoms with Gasteiger partial charge in [0.15, 0.2) is 0 Å². The molecule has 0 fully saturated rings. The van der Waals surface area contributed by atoms with Gasteiger partial charge in [-0.3, -0.25) is 14.9 Å². The molecule has 7 heteroatoms.